The maximum Gasteiger partial charge on any atom is 0.241 e. The number of anilines is 1. The molecular formula is C12H14N4O. The monoisotopic (exact) mass is 230 g/mol. The molecule has 0 radical (unpaired) electrons. The van der Waals surface area contributed by atoms with Crippen molar-refractivity contribution in [1.82, 2.24) is 9.88 Å². The van der Waals surface area contributed by atoms with Gasteiger partial charge in [0.1, 0.15) is 11.8 Å². The van der Waals surface area contributed by atoms with E-state index in [0.717, 1.165) is 31.6 Å². The van der Waals surface area contributed by atoms with Gasteiger partial charge in [-0.1, -0.05) is 0 Å². The van der Waals surface area contributed by atoms with Crippen molar-refractivity contribution in [2.45, 2.75) is 12.8 Å². The van der Waals surface area contributed by atoms with E-state index in [1.54, 1.807) is 18.3 Å². The third kappa shape index (κ3) is 2.94. The molecule has 1 aromatic heterocycles. The number of nitrogens with zero attached hydrogens (tertiary/aromatic N) is 3. The fourth-order valence-electron chi connectivity index (χ4n) is 1.86. The van der Waals surface area contributed by atoms with Crippen LogP contribution in [-0.4, -0.2) is 35.4 Å². The van der Waals surface area contributed by atoms with Crippen molar-refractivity contribution in [2.24, 2.45) is 0 Å². The molecule has 0 aliphatic carbocycles. The number of pyridine rings is 1. The number of amides is 1. The molecule has 1 amide bonds. The van der Waals surface area contributed by atoms with E-state index in [1.165, 1.54) is 0 Å². The summed E-state index contributed by atoms with van der Waals surface area (Å²) in [5.74, 6) is 0.109. The van der Waals surface area contributed by atoms with Gasteiger partial charge in [0.2, 0.25) is 5.91 Å². The first-order valence-corrected chi connectivity index (χ1v) is 5.67. The highest BCUT2D eigenvalue weighted by Crippen LogP contribution is 2.09. The third-order valence-electron chi connectivity index (χ3n) is 2.78. The van der Waals surface area contributed by atoms with E-state index in [1.807, 2.05) is 11.0 Å². The van der Waals surface area contributed by atoms with Gasteiger partial charge in [0.25, 0.3) is 0 Å². The van der Waals surface area contributed by atoms with Crippen LogP contribution in [-0.2, 0) is 4.79 Å². The maximum absolute atomic E-state index is 11.8. The van der Waals surface area contributed by atoms with Crippen molar-refractivity contribution < 1.29 is 4.79 Å². The average Bonchev–Trinajstić information content (AvgIpc) is 2.90. The van der Waals surface area contributed by atoms with Crippen LogP contribution < -0.4 is 5.32 Å². The highest BCUT2D eigenvalue weighted by molar-refractivity contribution is 5.81. The number of likely N-dealkylation sites (tertiary alicyclic amines) is 1. The molecule has 1 aromatic rings. The highest BCUT2D eigenvalue weighted by Gasteiger charge is 2.17. The number of nitrogens with one attached hydrogen (secondary N) is 1. The van der Waals surface area contributed by atoms with E-state index < -0.39 is 0 Å². The zero-order valence-electron chi connectivity index (χ0n) is 9.52. The predicted octanol–water partition coefficient (Wildman–Crippen LogP) is 0.988. The van der Waals surface area contributed by atoms with Gasteiger partial charge in [0.05, 0.1) is 6.54 Å². The summed E-state index contributed by atoms with van der Waals surface area (Å²) in [5.41, 5.74) is 1.10. The zero-order chi connectivity index (χ0) is 12.1. The molecule has 1 aliphatic rings. The second-order valence-electron chi connectivity index (χ2n) is 3.98. The van der Waals surface area contributed by atoms with Crippen LogP contribution in [0.4, 0.5) is 5.69 Å². The molecule has 0 aromatic carbocycles. The summed E-state index contributed by atoms with van der Waals surface area (Å²) in [5, 5.41) is 11.7. The van der Waals surface area contributed by atoms with Gasteiger partial charge in [-0.25, -0.2) is 4.98 Å². The van der Waals surface area contributed by atoms with Gasteiger partial charge in [0.15, 0.2) is 0 Å². The average molecular weight is 230 g/mol. The standard InChI is InChI=1S/C12H14N4O/c13-8-11-7-10(3-4-14-11)15-9-12(17)16-5-1-2-6-16/h3-4,7H,1-2,5-6,9H2,(H,14,15). The smallest absolute Gasteiger partial charge is 0.241 e. The first-order valence-electron chi connectivity index (χ1n) is 5.67. The fourth-order valence-corrected chi connectivity index (χ4v) is 1.86. The molecular weight excluding hydrogens is 216 g/mol. The minimum atomic E-state index is 0.109. The minimum Gasteiger partial charge on any atom is -0.376 e. The van der Waals surface area contributed by atoms with Crippen LogP contribution in [0.1, 0.15) is 18.5 Å². The molecule has 1 N–H and O–H groups in total. The van der Waals surface area contributed by atoms with E-state index in [9.17, 15) is 4.79 Å². The topological polar surface area (TPSA) is 69.0 Å². The Morgan fingerprint density at radius 3 is 3.00 bits per heavy atom. The minimum absolute atomic E-state index is 0.109. The van der Waals surface area contributed by atoms with Crippen molar-refractivity contribution >= 4 is 11.6 Å². The first kappa shape index (κ1) is 11.4. The summed E-state index contributed by atoms with van der Waals surface area (Å²) in [6, 6.07) is 5.35. The Labute approximate surface area is 100 Å². The van der Waals surface area contributed by atoms with Crippen molar-refractivity contribution in [1.29, 1.82) is 5.26 Å². The van der Waals surface area contributed by atoms with Crippen LogP contribution in [0.5, 0.6) is 0 Å². The molecule has 2 rings (SSSR count). The Bertz CT molecular complexity index is 446. The second kappa shape index (κ2) is 5.30. The van der Waals surface area contributed by atoms with Gasteiger partial charge in [-0.15, -0.1) is 0 Å². The van der Waals surface area contributed by atoms with Crippen molar-refractivity contribution in [2.75, 3.05) is 25.0 Å². The van der Waals surface area contributed by atoms with E-state index in [-0.39, 0.29) is 12.5 Å². The van der Waals surface area contributed by atoms with Gasteiger partial charge < -0.3 is 10.2 Å². The van der Waals surface area contributed by atoms with Crippen LogP contribution in [0.15, 0.2) is 18.3 Å². The van der Waals surface area contributed by atoms with Crippen LogP contribution in [0, 0.1) is 11.3 Å². The molecule has 5 nitrogen and oxygen atoms in total. The van der Waals surface area contributed by atoms with Crippen molar-refractivity contribution in [3.05, 3.63) is 24.0 Å². The molecule has 1 saturated heterocycles. The number of carbonyl (C=O) groups excluding carboxylic acids is 1. The molecule has 5 heteroatoms. The molecule has 88 valence electrons. The van der Waals surface area contributed by atoms with Crippen LogP contribution in [0.25, 0.3) is 0 Å². The summed E-state index contributed by atoms with van der Waals surface area (Å²) in [6.07, 6.45) is 3.75. The number of rotatable bonds is 3. The Morgan fingerprint density at radius 2 is 2.29 bits per heavy atom. The SMILES string of the molecule is N#Cc1cc(NCC(=O)N2CCCC2)ccn1. The van der Waals surface area contributed by atoms with E-state index in [4.69, 9.17) is 5.26 Å². The fraction of sp³-hybridized carbons (Fsp3) is 0.417. The maximum atomic E-state index is 11.8. The molecule has 2 heterocycles. The number of nitriles is 1. The number of carbonyl (C=O) groups is 1. The lowest BCUT2D eigenvalue weighted by Gasteiger charge is -2.15. The van der Waals surface area contributed by atoms with Gasteiger partial charge in [-0.2, -0.15) is 5.26 Å². The quantitative estimate of drug-likeness (QED) is 0.840. The molecule has 1 fully saturated rings. The molecule has 0 saturated carbocycles. The normalized spacial score (nSPS) is 14.4. The summed E-state index contributed by atoms with van der Waals surface area (Å²) in [6.45, 7) is 2.00. The van der Waals surface area contributed by atoms with E-state index in [2.05, 4.69) is 10.3 Å². The summed E-state index contributed by atoms with van der Waals surface area (Å²) >= 11 is 0. The largest absolute Gasteiger partial charge is 0.376 e. The van der Waals surface area contributed by atoms with E-state index >= 15 is 0 Å². The molecule has 0 spiro atoms. The third-order valence-corrected chi connectivity index (χ3v) is 2.78. The first-order chi connectivity index (χ1) is 8.29. The number of hydrogen-bond acceptors (Lipinski definition) is 4. The Hall–Kier alpha value is -2.09. The van der Waals surface area contributed by atoms with Crippen LogP contribution in [0.2, 0.25) is 0 Å². The molecule has 0 bridgehead atoms. The summed E-state index contributed by atoms with van der Waals surface area (Å²) in [7, 11) is 0. The summed E-state index contributed by atoms with van der Waals surface area (Å²) in [4.78, 5) is 17.5. The second-order valence-corrected chi connectivity index (χ2v) is 3.98. The van der Waals surface area contributed by atoms with Gasteiger partial charge >= 0.3 is 0 Å². The predicted molar refractivity (Wildman–Crippen MR) is 63.3 cm³/mol. The molecule has 0 atom stereocenters. The lowest BCUT2D eigenvalue weighted by molar-refractivity contribution is -0.128. The number of hydrogen-bond donors (Lipinski definition) is 1. The molecule has 1 aliphatic heterocycles. The van der Waals surface area contributed by atoms with Gasteiger partial charge in [0, 0.05) is 25.0 Å². The van der Waals surface area contributed by atoms with Crippen molar-refractivity contribution in [3.63, 3.8) is 0 Å². The van der Waals surface area contributed by atoms with Gasteiger partial charge in [-0.05, 0) is 25.0 Å². The summed E-state index contributed by atoms with van der Waals surface area (Å²) < 4.78 is 0. The molecule has 17 heavy (non-hydrogen) atoms. The Morgan fingerprint density at radius 1 is 1.53 bits per heavy atom. The highest BCUT2D eigenvalue weighted by atomic mass is 16.2. The Kier molecular flexibility index (Phi) is 3.55. The van der Waals surface area contributed by atoms with Crippen LogP contribution in [0.3, 0.4) is 0 Å². The zero-order valence-corrected chi connectivity index (χ0v) is 9.52. The van der Waals surface area contributed by atoms with Crippen LogP contribution >= 0.6 is 0 Å². The van der Waals surface area contributed by atoms with E-state index in [0.29, 0.717) is 5.69 Å². The Balaban J connectivity index is 1.88. The number of aromatic nitrogens is 1. The van der Waals surface area contributed by atoms with Crippen molar-refractivity contribution in [3.8, 4) is 6.07 Å². The lowest BCUT2D eigenvalue weighted by atomic mass is 10.3. The molecule has 0 unspecified atom stereocenters. The van der Waals surface area contributed by atoms with Gasteiger partial charge in [-0.3, -0.25) is 4.79 Å². The lowest BCUT2D eigenvalue weighted by Crippen LogP contribution is -2.32.